The van der Waals surface area contributed by atoms with Gasteiger partial charge in [0.15, 0.2) is 0 Å². The number of phenols is 2. The largest absolute Gasteiger partial charge is 0.507 e. The summed E-state index contributed by atoms with van der Waals surface area (Å²) in [7, 11) is 0. The summed E-state index contributed by atoms with van der Waals surface area (Å²) in [5, 5.41) is 21.0. The maximum Gasteiger partial charge on any atom is 0.273 e. The fourth-order valence-electron chi connectivity index (χ4n) is 6.42. The molecule has 0 spiro atoms. The Balaban J connectivity index is 1.85. The summed E-state index contributed by atoms with van der Waals surface area (Å²) >= 11 is 0. The van der Waals surface area contributed by atoms with Gasteiger partial charge in [-0.1, -0.05) is 117 Å². The lowest BCUT2D eigenvalue weighted by molar-refractivity contribution is -0.128. The molecule has 290 valence electrons. The molecule has 52 heavy (non-hydrogen) atoms. The summed E-state index contributed by atoms with van der Waals surface area (Å²) in [4.78, 5) is 51.8. The topological polar surface area (TPSA) is 157 Å². The highest BCUT2D eigenvalue weighted by molar-refractivity contribution is 5.98. The van der Waals surface area contributed by atoms with E-state index in [1.54, 1.807) is 24.3 Å². The summed E-state index contributed by atoms with van der Waals surface area (Å²) in [6.07, 6.45) is 19.3. The zero-order chi connectivity index (χ0) is 38.1. The van der Waals surface area contributed by atoms with Crippen LogP contribution >= 0.6 is 0 Å². The van der Waals surface area contributed by atoms with Gasteiger partial charge in [0.2, 0.25) is 11.8 Å². The number of hydrazine groups is 2. The average molecular weight is 723 g/mol. The third-order valence-corrected chi connectivity index (χ3v) is 9.85. The number of phenolic OH excluding ortho intramolecular Hbond substituents is 2. The minimum absolute atomic E-state index is 0.0795. The van der Waals surface area contributed by atoms with Gasteiger partial charge >= 0.3 is 0 Å². The molecule has 10 nitrogen and oxygen atoms in total. The average Bonchev–Trinajstić information content (AvgIpc) is 3.13. The number of aryl methyl sites for hydroxylation is 2. The molecule has 6 N–H and O–H groups in total. The van der Waals surface area contributed by atoms with E-state index in [2.05, 4.69) is 35.6 Å². The normalized spacial score (nSPS) is 12.2. The second-order valence-electron chi connectivity index (χ2n) is 14.1. The molecule has 0 aliphatic rings. The maximum absolute atomic E-state index is 13.2. The minimum atomic E-state index is -0.610. The summed E-state index contributed by atoms with van der Waals surface area (Å²) < 4.78 is 0. The van der Waals surface area contributed by atoms with Gasteiger partial charge in [0.25, 0.3) is 11.8 Å². The number of rotatable bonds is 25. The minimum Gasteiger partial charge on any atom is -0.507 e. The van der Waals surface area contributed by atoms with E-state index in [4.69, 9.17) is 0 Å². The predicted octanol–water partition coefficient (Wildman–Crippen LogP) is 8.74. The number of carbonyl (C=O) groups excluding carboxylic acids is 4. The lowest BCUT2D eigenvalue weighted by Crippen LogP contribution is -2.45. The van der Waals surface area contributed by atoms with Crippen molar-refractivity contribution < 1.29 is 29.4 Å². The van der Waals surface area contributed by atoms with Crippen LogP contribution in [0.15, 0.2) is 36.4 Å². The van der Waals surface area contributed by atoms with E-state index < -0.39 is 23.7 Å². The third kappa shape index (κ3) is 16.5. The van der Waals surface area contributed by atoms with Gasteiger partial charge in [-0.15, -0.1) is 0 Å². The van der Waals surface area contributed by atoms with Crippen molar-refractivity contribution in [1.82, 2.24) is 21.7 Å². The van der Waals surface area contributed by atoms with Crippen molar-refractivity contribution in [3.63, 3.8) is 0 Å². The van der Waals surface area contributed by atoms with E-state index in [-0.39, 0.29) is 34.4 Å². The van der Waals surface area contributed by atoms with Crippen LogP contribution < -0.4 is 21.7 Å². The highest BCUT2D eigenvalue weighted by atomic mass is 16.3. The number of hydrogen-bond acceptors (Lipinski definition) is 6. The van der Waals surface area contributed by atoms with Crippen LogP contribution in [-0.2, 0) is 22.4 Å². The number of amides is 4. The standard InChI is InChI=1S/C42H66N4O6/c1-5-9-12-14-16-18-20-31-23-27-35(37(47)29-31)41(51)45-43-39(49)33(8-4)25-26-34(22-11-7-3)40(50)44-46-42(52)36-28-24-32(30-38(36)48)21-19-17-15-13-10-6-2/h23-24,27-30,33-34,47-48H,5-22,25-26H2,1-4H3,(H,43,49)(H,44,50)(H,45,51)(H,46,52). The molecule has 0 aliphatic heterocycles. The van der Waals surface area contributed by atoms with Crippen LogP contribution in [0.4, 0.5) is 0 Å². The van der Waals surface area contributed by atoms with Crippen molar-refractivity contribution in [2.75, 3.05) is 0 Å². The Morgan fingerprint density at radius 3 is 1.33 bits per heavy atom. The molecule has 0 radical (unpaired) electrons. The van der Waals surface area contributed by atoms with Crippen LogP contribution in [0.2, 0.25) is 0 Å². The molecule has 0 aromatic heterocycles. The third-order valence-electron chi connectivity index (χ3n) is 9.85. The molecule has 10 heteroatoms. The Labute approximate surface area is 312 Å². The first-order valence-electron chi connectivity index (χ1n) is 20.0. The van der Waals surface area contributed by atoms with Crippen LogP contribution in [-0.4, -0.2) is 33.8 Å². The second kappa shape index (κ2) is 25.8. The SMILES string of the molecule is CCCCCCCCc1ccc(C(=O)NNC(=O)C(CC)CCC(CCCC)C(=O)NNC(=O)c2ccc(CCCCCCCC)cc2O)c(O)c1. The number of unbranched alkanes of at least 4 members (excludes halogenated alkanes) is 11. The Hall–Kier alpha value is -4.08. The molecule has 2 unspecified atom stereocenters. The first-order valence-corrected chi connectivity index (χ1v) is 20.0. The Morgan fingerprint density at radius 2 is 0.904 bits per heavy atom. The number of hydrogen-bond donors (Lipinski definition) is 6. The van der Waals surface area contributed by atoms with Crippen molar-refractivity contribution >= 4 is 23.6 Å². The van der Waals surface area contributed by atoms with Crippen LogP contribution in [0.25, 0.3) is 0 Å². The smallest absolute Gasteiger partial charge is 0.273 e. The zero-order valence-corrected chi connectivity index (χ0v) is 32.3. The molecule has 0 fully saturated rings. The van der Waals surface area contributed by atoms with Crippen molar-refractivity contribution in [2.45, 2.75) is 156 Å². The van der Waals surface area contributed by atoms with Gasteiger partial charge < -0.3 is 10.2 Å². The maximum atomic E-state index is 13.2. The van der Waals surface area contributed by atoms with Crippen molar-refractivity contribution in [2.24, 2.45) is 11.8 Å². The lowest BCUT2D eigenvalue weighted by atomic mass is 9.90. The highest BCUT2D eigenvalue weighted by Gasteiger charge is 2.24. The fourth-order valence-corrected chi connectivity index (χ4v) is 6.42. The molecule has 0 saturated carbocycles. The van der Waals surface area contributed by atoms with Gasteiger partial charge in [0.05, 0.1) is 11.1 Å². The first kappa shape index (κ1) is 44.1. The molecular weight excluding hydrogens is 656 g/mol. The van der Waals surface area contributed by atoms with Gasteiger partial charge in [0.1, 0.15) is 11.5 Å². The quantitative estimate of drug-likeness (QED) is 0.0445. The van der Waals surface area contributed by atoms with Gasteiger partial charge in [-0.05, 0) is 86.8 Å². The Kier molecular flexibility index (Phi) is 21.9. The van der Waals surface area contributed by atoms with Gasteiger partial charge in [-0.3, -0.25) is 40.9 Å². The van der Waals surface area contributed by atoms with Crippen LogP contribution in [0, 0.1) is 11.8 Å². The fraction of sp³-hybridized carbons (Fsp3) is 0.619. The van der Waals surface area contributed by atoms with Crippen LogP contribution in [0.1, 0.15) is 175 Å². The van der Waals surface area contributed by atoms with Gasteiger partial charge in [-0.25, -0.2) is 0 Å². The molecule has 4 amide bonds. The first-order chi connectivity index (χ1) is 25.1. The summed E-state index contributed by atoms with van der Waals surface area (Å²) in [6, 6.07) is 10.0. The van der Waals surface area contributed by atoms with E-state index in [9.17, 15) is 29.4 Å². The molecule has 2 aromatic rings. The van der Waals surface area contributed by atoms with Crippen LogP contribution in [0.3, 0.4) is 0 Å². The molecule has 2 rings (SSSR count). The highest BCUT2D eigenvalue weighted by Crippen LogP contribution is 2.23. The zero-order valence-electron chi connectivity index (χ0n) is 32.3. The summed E-state index contributed by atoms with van der Waals surface area (Å²) in [5.74, 6) is -3.13. The van der Waals surface area contributed by atoms with Crippen molar-refractivity contribution in [1.29, 1.82) is 0 Å². The number of aromatic hydroxyl groups is 2. The number of benzene rings is 2. The molecule has 0 saturated heterocycles. The van der Waals surface area contributed by atoms with Gasteiger partial charge in [0, 0.05) is 11.8 Å². The Bertz CT molecular complexity index is 1380. The monoisotopic (exact) mass is 722 g/mol. The van der Waals surface area contributed by atoms with Crippen molar-refractivity contribution in [3.05, 3.63) is 58.7 Å². The van der Waals surface area contributed by atoms with E-state index >= 15 is 0 Å². The molecule has 2 aromatic carbocycles. The van der Waals surface area contributed by atoms with E-state index in [1.807, 2.05) is 26.0 Å². The van der Waals surface area contributed by atoms with Crippen molar-refractivity contribution in [3.8, 4) is 11.5 Å². The molecule has 0 bridgehead atoms. The lowest BCUT2D eigenvalue weighted by Gasteiger charge is -2.20. The molecule has 2 atom stereocenters. The second-order valence-corrected chi connectivity index (χ2v) is 14.1. The molecule has 0 aliphatic carbocycles. The van der Waals surface area contributed by atoms with E-state index in [0.29, 0.717) is 25.7 Å². The molecule has 0 heterocycles. The van der Waals surface area contributed by atoms with Crippen LogP contribution in [0.5, 0.6) is 11.5 Å². The van der Waals surface area contributed by atoms with Gasteiger partial charge in [-0.2, -0.15) is 0 Å². The van der Waals surface area contributed by atoms with E-state index in [1.165, 1.54) is 51.4 Å². The predicted molar refractivity (Wildman–Crippen MR) is 208 cm³/mol. The summed E-state index contributed by atoms with van der Waals surface area (Å²) in [5.41, 5.74) is 12.0. The van der Waals surface area contributed by atoms with E-state index in [0.717, 1.165) is 62.5 Å². The number of carbonyl (C=O) groups is 4. The Morgan fingerprint density at radius 1 is 0.500 bits per heavy atom. The summed E-state index contributed by atoms with van der Waals surface area (Å²) in [6.45, 7) is 8.28. The molecular formula is C42H66N4O6. The number of nitrogens with one attached hydrogen (secondary N) is 4.